The zero-order valence-electron chi connectivity index (χ0n) is 22.0. The van der Waals surface area contributed by atoms with Crippen LogP contribution in [0, 0.1) is 5.41 Å². The van der Waals surface area contributed by atoms with Crippen molar-refractivity contribution >= 4 is 35.2 Å². The van der Waals surface area contributed by atoms with Crippen LogP contribution in [0.1, 0.15) is 71.8 Å². The quantitative estimate of drug-likeness (QED) is 0.378. The number of amides is 1. The molecular weight excluding hydrogens is 460 g/mol. The van der Waals surface area contributed by atoms with Gasteiger partial charge in [-0.25, -0.2) is 9.97 Å². The first-order valence-corrected chi connectivity index (χ1v) is 13.0. The van der Waals surface area contributed by atoms with Gasteiger partial charge in [-0.05, 0) is 83.0 Å². The number of benzene rings is 1. The maximum atomic E-state index is 13.4. The van der Waals surface area contributed by atoms with Crippen molar-refractivity contribution in [2.24, 2.45) is 5.41 Å². The number of carbonyl (C=O) groups is 1. The van der Waals surface area contributed by atoms with E-state index < -0.39 is 5.54 Å². The third-order valence-electron chi connectivity index (χ3n) is 5.81. The molecule has 35 heavy (non-hydrogen) atoms. The van der Waals surface area contributed by atoms with Crippen LogP contribution in [0.3, 0.4) is 0 Å². The van der Waals surface area contributed by atoms with E-state index in [1.807, 2.05) is 38.1 Å². The number of aromatic nitrogens is 2. The number of rotatable bonds is 8. The standard InChI is InChI=1S/C26H40N6O2S/c1-24(2,3)31-35-19-10-8-9-18(15-19)28-23(34)21-22(32-13-11-25(4,5)12-14-32)29-20(16-27-21)30-26(6,7)17-33/h8-10,15-16,31,33H,11-14,17H2,1-7H3,(H,28,34)(H,29,30). The van der Waals surface area contributed by atoms with E-state index in [1.165, 1.54) is 11.9 Å². The fourth-order valence-electron chi connectivity index (χ4n) is 3.57. The predicted molar refractivity (Wildman–Crippen MR) is 145 cm³/mol. The molecule has 4 N–H and O–H groups in total. The molecular formula is C26H40N6O2S. The molecule has 2 heterocycles. The molecule has 8 nitrogen and oxygen atoms in total. The molecule has 1 aliphatic rings. The Balaban J connectivity index is 1.85. The lowest BCUT2D eigenvalue weighted by Crippen LogP contribution is -2.40. The van der Waals surface area contributed by atoms with Crippen LogP contribution in [0.5, 0.6) is 0 Å². The van der Waals surface area contributed by atoms with E-state index in [0.29, 0.717) is 23.0 Å². The molecule has 0 bridgehead atoms. The van der Waals surface area contributed by atoms with Crippen molar-refractivity contribution in [3.8, 4) is 0 Å². The predicted octanol–water partition coefficient (Wildman–Crippen LogP) is 4.93. The van der Waals surface area contributed by atoms with E-state index in [-0.39, 0.29) is 23.5 Å². The largest absolute Gasteiger partial charge is 0.394 e. The summed E-state index contributed by atoms with van der Waals surface area (Å²) in [5.74, 6) is 0.806. The lowest BCUT2D eigenvalue weighted by molar-refractivity contribution is 0.102. The Bertz CT molecular complexity index is 1020. The Morgan fingerprint density at radius 3 is 2.49 bits per heavy atom. The second kappa shape index (κ2) is 10.7. The fourth-order valence-corrected chi connectivity index (χ4v) is 4.33. The van der Waals surface area contributed by atoms with Crippen LogP contribution in [-0.4, -0.2) is 51.8 Å². The third kappa shape index (κ3) is 8.08. The number of aliphatic hydroxyl groups excluding tert-OH is 1. The molecule has 1 fully saturated rings. The van der Waals surface area contributed by atoms with Gasteiger partial charge in [-0.2, -0.15) is 0 Å². The molecule has 0 unspecified atom stereocenters. The number of nitrogens with one attached hydrogen (secondary N) is 3. The van der Waals surface area contributed by atoms with Crippen molar-refractivity contribution in [1.82, 2.24) is 14.7 Å². The summed E-state index contributed by atoms with van der Waals surface area (Å²) < 4.78 is 3.39. The first kappa shape index (κ1) is 27.2. The maximum Gasteiger partial charge on any atom is 0.278 e. The molecule has 0 saturated carbocycles. The van der Waals surface area contributed by atoms with E-state index in [0.717, 1.165) is 30.8 Å². The number of carbonyl (C=O) groups excluding carboxylic acids is 1. The van der Waals surface area contributed by atoms with Crippen LogP contribution >= 0.6 is 11.9 Å². The number of hydrogen-bond acceptors (Lipinski definition) is 8. The minimum atomic E-state index is -0.557. The lowest BCUT2D eigenvalue weighted by Gasteiger charge is -2.38. The highest BCUT2D eigenvalue weighted by Gasteiger charge is 2.30. The monoisotopic (exact) mass is 500 g/mol. The van der Waals surface area contributed by atoms with Crippen molar-refractivity contribution in [2.45, 2.75) is 77.3 Å². The van der Waals surface area contributed by atoms with Gasteiger partial charge in [0.2, 0.25) is 0 Å². The smallest absolute Gasteiger partial charge is 0.278 e. The summed E-state index contributed by atoms with van der Waals surface area (Å²) in [7, 11) is 0. The number of hydrogen-bond donors (Lipinski definition) is 4. The van der Waals surface area contributed by atoms with Crippen molar-refractivity contribution in [2.75, 3.05) is 35.2 Å². The summed E-state index contributed by atoms with van der Waals surface area (Å²) in [6.45, 7) is 16.2. The highest BCUT2D eigenvalue weighted by atomic mass is 32.2. The number of piperidine rings is 1. The van der Waals surface area contributed by atoms with Crippen LogP contribution in [-0.2, 0) is 0 Å². The summed E-state index contributed by atoms with van der Waals surface area (Å²) in [6.07, 6.45) is 3.58. The molecule has 0 aliphatic carbocycles. The van der Waals surface area contributed by atoms with Gasteiger partial charge in [0.15, 0.2) is 11.5 Å². The van der Waals surface area contributed by atoms with Crippen LogP contribution < -0.4 is 20.3 Å². The average molecular weight is 501 g/mol. The fraction of sp³-hybridized carbons (Fsp3) is 0.577. The average Bonchev–Trinajstić information content (AvgIpc) is 2.77. The second-order valence-corrected chi connectivity index (χ2v) is 12.6. The Morgan fingerprint density at radius 2 is 1.86 bits per heavy atom. The lowest BCUT2D eigenvalue weighted by atomic mass is 9.82. The summed E-state index contributed by atoms with van der Waals surface area (Å²) in [5, 5.41) is 15.9. The molecule has 1 aliphatic heterocycles. The van der Waals surface area contributed by atoms with Gasteiger partial charge in [0.05, 0.1) is 18.3 Å². The van der Waals surface area contributed by atoms with Gasteiger partial charge in [-0.3, -0.25) is 9.52 Å². The van der Waals surface area contributed by atoms with Crippen molar-refractivity contribution in [3.05, 3.63) is 36.2 Å². The summed E-state index contributed by atoms with van der Waals surface area (Å²) in [4.78, 5) is 25.8. The maximum absolute atomic E-state index is 13.4. The molecule has 1 aromatic heterocycles. The van der Waals surface area contributed by atoms with Gasteiger partial charge >= 0.3 is 0 Å². The van der Waals surface area contributed by atoms with E-state index in [2.05, 4.69) is 59.9 Å². The van der Waals surface area contributed by atoms with Crippen LogP contribution in [0.2, 0.25) is 0 Å². The Kier molecular flexibility index (Phi) is 8.34. The normalized spacial score (nSPS) is 16.2. The van der Waals surface area contributed by atoms with Crippen molar-refractivity contribution in [3.63, 3.8) is 0 Å². The molecule has 2 aromatic rings. The summed E-state index contributed by atoms with van der Waals surface area (Å²) >= 11 is 1.53. The van der Waals surface area contributed by atoms with Gasteiger partial charge in [-0.15, -0.1) is 0 Å². The molecule has 1 aromatic carbocycles. The van der Waals surface area contributed by atoms with E-state index in [9.17, 15) is 9.90 Å². The second-order valence-electron chi connectivity index (χ2n) is 11.7. The van der Waals surface area contributed by atoms with Crippen LogP contribution in [0.15, 0.2) is 35.4 Å². The first-order chi connectivity index (χ1) is 16.3. The zero-order valence-corrected chi connectivity index (χ0v) is 22.8. The molecule has 1 amide bonds. The number of aliphatic hydroxyl groups is 1. The van der Waals surface area contributed by atoms with Gasteiger partial charge in [-0.1, -0.05) is 19.9 Å². The van der Waals surface area contributed by atoms with E-state index in [1.54, 1.807) is 6.20 Å². The Hall–Kier alpha value is -2.36. The first-order valence-electron chi connectivity index (χ1n) is 12.1. The number of anilines is 3. The highest BCUT2D eigenvalue weighted by Crippen LogP contribution is 2.33. The molecule has 0 radical (unpaired) electrons. The number of nitrogens with zero attached hydrogens (tertiary/aromatic N) is 3. The minimum Gasteiger partial charge on any atom is -0.394 e. The van der Waals surface area contributed by atoms with Gasteiger partial charge in [0.25, 0.3) is 5.91 Å². The van der Waals surface area contributed by atoms with Gasteiger partial charge in [0, 0.05) is 29.2 Å². The third-order valence-corrected chi connectivity index (χ3v) is 7.02. The summed E-state index contributed by atoms with van der Waals surface area (Å²) in [6, 6.07) is 7.74. The zero-order chi connectivity index (χ0) is 25.9. The molecule has 0 spiro atoms. The summed E-state index contributed by atoms with van der Waals surface area (Å²) in [5.41, 5.74) is 0.673. The topological polar surface area (TPSA) is 102 Å². The van der Waals surface area contributed by atoms with Crippen molar-refractivity contribution in [1.29, 1.82) is 0 Å². The van der Waals surface area contributed by atoms with Crippen LogP contribution in [0.4, 0.5) is 17.3 Å². The molecule has 9 heteroatoms. The van der Waals surface area contributed by atoms with Gasteiger partial charge in [0.1, 0.15) is 5.82 Å². The molecule has 1 saturated heterocycles. The Morgan fingerprint density at radius 1 is 1.17 bits per heavy atom. The van der Waals surface area contributed by atoms with E-state index >= 15 is 0 Å². The van der Waals surface area contributed by atoms with Gasteiger partial charge < -0.3 is 20.6 Å². The SMILES string of the molecule is CC1(C)CCN(c2nc(NC(C)(C)CO)cnc2C(=O)Nc2cccc(SNC(C)(C)C)c2)CC1. The van der Waals surface area contributed by atoms with Crippen LogP contribution in [0.25, 0.3) is 0 Å². The molecule has 3 rings (SSSR count). The Labute approximate surface area is 213 Å². The van der Waals surface area contributed by atoms with E-state index in [4.69, 9.17) is 4.98 Å². The highest BCUT2D eigenvalue weighted by molar-refractivity contribution is 7.97. The molecule has 0 atom stereocenters. The van der Waals surface area contributed by atoms with Crippen molar-refractivity contribution < 1.29 is 9.90 Å². The molecule has 192 valence electrons. The minimum absolute atomic E-state index is 0.0300.